The predicted octanol–water partition coefficient (Wildman–Crippen LogP) is 7.59. The van der Waals surface area contributed by atoms with Gasteiger partial charge in [-0.1, -0.05) is 137 Å². The molecule has 58 heavy (non-hydrogen) atoms. The maximum atomic E-state index is 12.6. The van der Waals surface area contributed by atoms with E-state index in [1.807, 2.05) is 24.3 Å². The van der Waals surface area contributed by atoms with Crippen LogP contribution in [0.15, 0.2) is 97.2 Å². The smallest absolute Gasteiger partial charge is 0.756 e. The van der Waals surface area contributed by atoms with Gasteiger partial charge in [-0.05, 0) is 89.9 Å². The van der Waals surface area contributed by atoms with E-state index in [2.05, 4.69) is 91.3 Å². The fourth-order valence-corrected chi connectivity index (χ4v) is 5.69. The number of phosphoric acid groups is 1. The van der Waals surface area contributed by atoms with E-state index in [0.29, 0.717) is 25.7 Å². The van der Waals surface area contributed by atoms with Gasteiger partial charge in [0.15, 0.2) is 6.10 Å². The number of hydrogen-bond donors (Lipinski definition) is 2. The molecule has 0 rings (SSSR count). The van der Waals surface area contributed by atoms with Gasteiger partial charge in [0.2, 0.25) is 0 Å². The predicted molar refractivity (Wildman–Crippen MR) is 230 cm³/mol. The Morgan fingerprint density at radius 3 is 1.31 bits per heavy atom. The zero-order valence-electron chi connectivity index (χ0n) is 36.0. The van der Waals surface area contributed by atoms with E-state index in [1.165, 1.54) is 38.5 Å². The van der Waals surface area contributed by atoms with Gasteiger partial charge in [0.25, 0.3) is 7.82 Å². The van der Waals surface area contributed by atoms with Crippen molar-refractivity contribution in [2.75, 3.05) is 26.4 Å². The topological polar surface area (TPSA) is 152 Å². The van der Waals surface area contributed by atoms with Gasteiger partial charge >= 0.3 is 41.5 Å². The van der Waals surface area contributed by atoms with Crippen molar-refractivity contribution in [3.8, 4) is 0 Å². The van der Waals surface area contributed by atoms with E-state index in [9.17, 15) is 24.2 Å². The molecule has 0 aliphatic heterocycles. The molecule has 0 spiro atoms. The van der Waals surface area contributed by atoms with Crippen LogP contribution in [-0.2, 0) is 32.7 Å². The van der Waals surface area contributed by atoms with E-state index in [0.717, 1.165) is 51.4 Å². The average Bonchev–Trinajstić information content (AvgIpc) is 3.20. The first-order chi connectivity index (χ1) is 27.7. The number of aliphatic hydroxyl groups excluding tert-OH is 2. The number of carbonyl (C=O) groups is 2. The van der Waals surface area contributed by atoms with Crippen LogP contribution in [-0.4, -0.2) is 60.8 Å². The van der Waals surface area contributed by atoms with Crippen molar-refractivity contribution < 1.29 is 77.3 Å². The second-order valence-electron chi connectivity index (χ2n) is 13.6. The molecule has 0 aliphatic rings. The summed E-state index contributed by atoms with van der Waals surface area (Å²) in [5, 5.41) is 18.3. The summed E-state index contributed by atoms with van der Waals surface area (Å²) in [7, 11) is -4.90. The number of allylic oxidation sites excluding steroid dienone is 16. The molecule has 0 amide bonds. The van der Waals surface area contributed by atoms with E-state index in [4.69, 9.17) is 19.1 Å². The Balaban J connectivity index is 0. The summed E-state index contributed by atoms with van der Waals surface area (Å²) >= 11 is 0. The van der Waals surface area contributed by atoms with Gasteiger partial charge in [0, 0.05) is 12.8 Å². The molecule has 0 aromatic rings. The molecule has 3 atom stereocenters. The van der Waals surface area contributed by atoms with Crippen LogP contribution in [0.2, 0.25) is 0 Å². The molecule has 0 bridgehead atoms. The summed E-state index contributed by atoms with van der Waals surface area (Å²) in [5.41, 5.74) is 0. The molecule has 0 aromatic carbocycles. The van der Waals surface area contributed by atoms with Crippen molar-refractivity contribution in [1.82, 2.24) is 0 Å². The number of ether oxygens (including phenoxy) is 2. The second-order valence-corrected chi connectivity index (χ2v) is 15.0. The quantitative estimate of drug-likeness (QED) is 0.0209. The van der Waals surface area contributed by atoms with Crippen LogP contribution in [0.5, 0.6) is 0 Å². The Morgan fingerprint density at radius 1 is 0.552 bits per heavy atom. The van der Waals surface area contributed by atoms with Crippen molar-refractivity contribution in [1.29, 1.82) is 0 Å². The molecular formula is C46H74NaO10P. The van der Waals surface area contributed by atoms with E-state index in [-0.39, 0.29) is 42.4 Å². The van der Waals surface area contributed by atoms with Crippen molar-refractivity contribution in [3.63, 3.8) is 0 Å². The molecule has 12 heteroatoms. The van der Waals surface area contributed by atoms with Crippen molar-refractivity contribution >= 4 is 19.8 Å². The zero-order valence-corrected chi connectivity index (χ0v) is 38.9. The van der Waals surface area contributed by atoms with E-state index < -0.39 is 58.4 Å². The van der Waals surface area contributed by atoms with E-state index in [1.54, 1.807) is 0 Å². The molecule has 0 aliphatic carbocycles. The molecule has 2 unspecified atom stereocenters. The SMILES string of the molecule is CCCCC/C=C\C/C=C\C/C=C\C/C=C\CCCC(=O)OC[C@H](COP(=O)([O-])OCC(O)CO)OC(=O)CCC/C=C\C/C=C\C/C=C\C/C=C\CCCCC.[Na+]. The number of aliphatic hydroxyl groups is 2. The molecule has 0 saturated carbocycles. The van der Waals surface area contributed by atoms with Crippen LogP contribution in [0, 0.1) is 0 Å². The number of phosphoric ester groups is 1. The summed E-state index contributed by atoms with van der Waals surface area (Å²) in [6.45, 7) is 1.99. The standard InChI is InChI=1S/C46H75O10P.Na/c1-3-5-7-9-11-13-15-17-19-21-23-25-27-29-31-33-35-37-45(49)53-41-44(42-55-57(51,52)54-40-43(48)39-47)56-46(50)38-36-34-32-30-28-26-24-22-20-18-16-14-12-10-8-6-4-2;/h11-14,17-20,23-26,29-32,43-44,47-48H,3-10,15-16,21-22,27-28,33-42H2,1-2H3,(H,51,52);/q;+1/p-1/b13-11-,14-12-,19-17-,20-18-,25-23-,26-24-,31-29-,32-30-;/t43?,44-;/m1./s1. The third-order valence-electron chi connectivity index (χ3n) is 8.20. The van der Waals surface area contributed by atoms with Crippen LogP contribution in [0.1, 0.15) is 142 Å². The van der Waals surface area contributed by atoms with Crippen LogP contribution in [0.25, 0.3) is 0 Å². The maximum Gasteiger partial charge on any atom is 1.00 e. The first kappa shape index (κ1) is 58.0. The number of rotatable bonds is 38. The number of esters is 2. The first-order valence-corrected chi connectivity index (χ1v) is 22.6. The number of hydrogen-bond acceptors (Lipinski definition) is 10. The van der Waals surface area contributed by atoms with Gasteiger partial charge in [0.1, 0.15) is 12.7 Å². The van der Waals surface area contributed by atoms with Crippen LogP contribution in [0.3, 0.4) is 0 Å². The maximum absolute atomic E-state index is 12.6. The Kier molecular flexibility index (Phi) is 44.4. The minimum Gasteiger partial charge on any atom is -0.756 e. The second kappa shape index (κ2) is 44.4. The van der Waals surface area contributed by atoms with E-state index >= 15 is 0 Å². The fourth-order valence-electron chi connectivity index (χ4n) is 4.91. The zero-order chi connectivity index (χ0) is 41.9. The Labute approximate surface area is 373 Å². The number of carbonyl (C=O) groups excluding carboxylic acids is 2. The molecular weight excluding hydrogens is 766 g/mol. The largest absolute Gasteiger partial charge is 1.00 e. The summed E-state index contributed by atoms with van der Waals surface area (Å²) in [6.07, 6.45) is 49.3. The molecule has 2 N–H and O–H groups in total. The Morgan fingerprint density at radius 2 is 0.914 bits per heavy atom. The fraction of sp³-hybridized carbons (Fsp3) is 0.609. The Bertz CT molecular complexity index is 1270. The van der Waals surface area contributed by atoms with Gasteiger partial charge in [-0.2, -0.15) is 0 Å². The third-order valence-corrected chi connectivity index (χ3v) is 9.13. The summed E-state index contributed by atoms with van der Waals surface area (Å²) in [4.78, 5) is 37.1. The molecule has 324 valence electrons. The summed E-state index contributed by atoms with van der Waals surface area (Å²) in [6, 6.07) is 0. The van der Waals surface area contributed by atoms with Gasteiger partial charge in [-0.25, -0.2) is 0 Å². The Hall–Kier alpha value is -2.11. The normalized spacial score (nSPS) is 14.6. The van der Waals surface area contributed by atoms with Gasteiger partial charge < -0.3 is 33.6 Å². The molecule has 0 fully saturated rings. The van der Waals surface area contributed by atoms with Gasteiger partial charge in [-0.15, -0.1) is 0 Å². The van der Waals surface area contributed by atoms with Crippen molar-refractivity contribution in [3.05, 3.63) is 97.2 Å². The molecule has 0 radical (unpaired) electrons. The molecule has 0 saturated heterocycles. The van der Waals surface area contributed by atoms with Gasteiger partial charge in [-0.3, -0.25) is 14.2 Å². The summed E-state index contributed by atoms with van der Waals surface area (Å²) < 4.78 is 32.2. The third kappa shape index (κ3) is 43.5. The van der Waals surface area contributed by atoms with Crippen LogP contribution in [0.4, 0.5) is 0 Å². The van der Waals surface area contributed by atoms with Crippen LogP contribution >= 0.6 is 7.82 Å². The monoisotopic (exact) mass is 840 g/mol. The van der Waals surface area contributed by atoms with Crippen molar-refractivity contribution in [2.45, 2.75) is 154 Å². The van der Waals surface area contributed by atoms with Crippen molar-refractivity contribution in [2.24, 2.45) is 0 Å². The average molecular weight is 841 g/mol. The minimum atomic E-state index is -4.90. The first-order valence-electron chi connectivity index (χ1n) is 21.2. The summed E-state index contributed by atoms with van der Waals surface area (Å²) in [5.74, 6) is -1.10. The molecule has 0 heterocycles. The molecule has 10 nitrogen and oxygen atoms in total. The number of unbranched alkanes of at least 4 members (excludes halogenated alkanes) is 8. The van der Waals surface area contributed by atoms with Gasteiger partial charge in [0.05, 0.1) is 19.8 Å². The van der Waals surface area contributed by atoms with Crippen LogP contribution < -0.4 is 34.5 Å². The molecule has 0 aromatic heterocycles. The minimum absolute atomic E-state index is 0.